The minimum Gasteiger partial charge on any atom is -0.497 e. The number of piperidine rings is 1. The summed E-state index contributed by atoms with van der Waals surface area (Å²) in [7, 11) is -0.867. The van der Waals surface area contributed by atoms with Crippen molar-refractivity contribution < 1.29 is 22.7 Å². The van der Waals surface area contributed by atoms with Crippen LogP contribution in [0.2, 0.25) is 0 Å². The Kier molecular flexibility index (Phi) is 7.28. The van der Waals surface area contributed by atoms with E-state index < -0.39 is 10.0 Å². The van der Waals surface area contributed by atoms with E-state index in [2.05, 4.69) is 12.2 Å². The number of hydrogen-bond acceptors (Lipinski definition) is 5. The first kappa shape index (κ1) is 20.5. The van der Waals surface area contributed by atoms with Crippen molar-refractivity contribution in [1.82, 2.24) is 9.62 Å². The predicted molar refractivity (Wildman–Crippen MR) is 98.9 cm³/mol. The highest BCUT2D eigenvalue weighted by atomic mass is 32.2. The van der Waals surface area contributed by atoms with E-state index in [-0.39, 0.29) is 29.0 Å². The summed E-state index contributed by atoms with van der Waals surface area (Å²) in [5, 5.41) is 2.90. The lowest BCUT2D eigenvalue weighted by Gasteiger charge is -2.31. The molecule has 1 heterocycles. The molecule has 1 aromatic carbocycles. The molecular weight excluding hydrogens is 356 g/mol. The summed E-state index contributed by atoms with van der Waals surface area (Å²) in [6.07, 6.45) is 3.26. The van der Waals surface area contributed by atoms with Crippen molar-refractivity contribution in [3.05, 3.63) is 18.2 Å². The lowest BCUT2D eigenvalue weighted by atomic mass is 9.99. The second-order valence-electron chi connectivity index (χ2n) is 6.36. The molecule has 1 atom stereocenters. The van der Waals surface area contributed by atoms with Gasteiger partial charge in [-0.1, -0.05) is 13.3 Å². The average molecular weight is 384 g/mol. The average Bonchev–Trinajstić information content (AvgIpc) is 2.67. The van der Waals surface area contributed by atoms with Crippen LogP contribution >= 0.6 is 0 Å². The van der Waals surface area contributed by atoms with Gasteiger partial charge in [0.25, 0.3) is 0 Å². The number of benzene rings is 1. The smallest absolute Gasteiger partial charge is 0.246 e. The number of rotatable bonds is 8. The highest BCUT2D eigenvalue weighted by molar-refractivity contribution is 7.89. The second-order valence-corrected chi connectivity index (χ2v) is 8.27. The minimum absolute atomic E-state index is 0.0615. The van der Waals surface area contributed by atoms with E-state index in [1.807, 2.05) is 0 Å². The van der Waals surface area contributed by atoms with Gasteiger partial charge < -0.3 is 14.8 Å². The Morgan fingerprint density at radius 1 is 1.31 bits per heavy atom. The number of carbonyl (C=O) groups excluding carboxylic acids is 1. The Hall–Kier alpha value is -1.80. The van der Waals surface area contributed by atoms with Crippen molar-refractivity contribution in [2.24, 2.45) is 5.92 Å². The lowest BCUT2D eigenvalue weighted by molar-refractivity contribution is -0.126. The number of carbonyl (C=O) groups is 1. The summed E-state index contributed by atoms with van der Waals surface area (Å²) < 4.78 is 38.0. The molecule has 1 fully saturated rings. The van der Waals surface area contributed by atoms with E-state index in [0.717, 1.165) is 12.8 Å². The van der Waals surface area contributed by atoms with Crippen LogP contribution in [0.3, 0.4) is 0 Å². The number of hydrogen-bond donors (Lipinski definition) is 1. The molecule has 146 valence electrons. The summed E-state index contributed by atoms with van der Waals surface area (Å²) in [5.74, 6) is 0.304. The van der Waals surface area contributed by atoms with Crippen molar-refractivity contribution in [3.63, 3.8) is 0 Å². The zero-order chi connectivity index (χ0) is 19.2. The van der Waals surface area contributed by atoms with Gasteiger partial charge in [-0.3, -0.25) is 4.79 Å². The van der Waals surface area contributed by atoms with E-state index >= 15 is 0 Å². The number of nitrogens with one attached hydrogen (secondary N) is 1. The number of unbranched alkanes of at least 4 members (excludes halogenated alkanes) is 1. The molecule has 26 heavy (non-hydrogen) atoms. The molecule has 1 aliphatic heterocycles. The van der Waals surface area contributed by atoms with E-state index in [1.165, 1.54) is 24.6 Å². The largest absolute Gasteiger partial charge is 0.497 e. The van der Waals surface area contributed by atoms with E-state index in [9.17, 15) is 13.2 Å². The quantitative estimate of drug-likeness (QED) is 0.693. The third-order valence-electron chi connectivity index (χ3n) is 4.57. The molecule has 0 aliphatic carbocycles. The molecule has 1 aromatic rings. The normalized spacial score (nSPS) is 18.3. The van der Waals surface area contributed by atoms with Gasteiger partial charge in [-0.05, 0) is 31.4 Å². The molecule has 0 bridgehead atoms. The molecule has 0 spiro atoms. The van der Waals surface area contributed by atoms with Crippen LogP contribution in [0, 0.1) is 5.92 Å². The van der Waals surface area contributed by atoms with Gasteiger partial charge in [0.15, 0.2) is 0 Å². The Labute approximate surface area is 155 Å². The van der Waals surface area contributed by atoms with Gasteiger partial charge in [0.05, 0.1) is 20.1 Å². The molecule has 0 radical (unpaired) electrons. The summed E-state index contributed by atoms with van der Waals surface area (Å²) in [6.45, 7) is 3.26. The van der Waals surface area contributed by atoms with Crippen LogP contribution in [0.1, 0.15) is 32.6 Å². The summed E-state index contributed by atoms with van der Waals surface area (Å²) in [4.78, 5) is 12.4. The number of methoxy groups -OCH3 is 2. The van der Waals surface area contributed by atoms with Gasteiger partial charge in [-0.2, -0.15) is 4.31 Å². The second kappa shape index (κ2) is 9.23. The molecule has 2 rings (SSSR count). The van der Waals surface area contributed by atoms with Crippen LogP contribution in [0.5, 0.6) is 11.5 Å². The number of ether oxygens (including phenoxy) is 2. The fourth-order valence-electron chi connectivity index (χ4n) is 3.03. The molecule has 1 N–H and O–H groups in total. The maximum absolute atomic E-state index is 13.1. The molecule has 1 aliphatic rings. The Morgan fingerprint density at radius 3 is 2.73 bits per heavy atom. The fourth-order valence-corrected chi connectivity index (χ4v) is 4.73. The number of nitrogens with zero attached hydrogens (tertiary/aromatic N) is 1. The first-order chi connectivity index (χ1) is 12.4. The third-order valence-corrected chi connectivity index (χ3v) is 6.46. The van der Waals surface area contributed by atoms with Crippen LogP contribution < -0.4 is 14.8 Å². The van der Waals surface area contributed by atoms with Gasteiger partial charge in [-0.15, -0.1) is 0 Å². The molecule has 0 saturated carbocycles. The van der Waals surface area contributed by atoms with Gasteiger partial charge in [0.2, 0.25) is 15.9 Å². The van der Waals surface area contributed by atoms with E-state index in [4.69, 9.17) is 9.47 Å². The molecule has 8 heteroatoms. The number of amides is 1. The zero-order valence-corrected chi connectivity index (χ0v) is 16.5. The molecular formula is C18H28N2O5S. The number of sulfonamides is 1. The van der Waals surface area contributed by atoms with Crippen molar-refractivity contribution >= 4 is 15.9 Å². The highest BCUT2D eigenvalue weighted by Crippen LogP contribution is 2.32. The van der Waals surface area contributed by atoms with Crippen molar-refractivity contribution in [2.75, 3.05) is 33.9 Å². The van der Waals surface area contributed by atoms with E-state index in [1.54, 1.807) is 12.1 Å². The van der Waals surface area contributed by atoms with Crippen molar-refractivity contribution in [2.45, 2.75) is 37.5 Å². The standard InChI is InChI=1S/C18H28N2O5S/c1-4-5-10-19-18(21)14-7-6-11-20(13-14)26(22,23)17-12-15(24-2)8-9-16(17)25-3/h8-9,12,14H,4-7,10-11,13H2,1-3H3,(H,19,21)/t14-/m1/s1. The van der Waals surface area contributed by atoms with Crippen LogP contribution in [0.15, 0.2) is 23.1 Å². The summed E-state index contributed by atoms with van der Waals surface area (Å²) >= 11 is 0. The van der Waals surface area contributed by atoms with Gasteiger partial charge in [0, 0.05) is 25.7 Å². The topological polar surface area (TPSA) is 84.9 Å². The minimum atomic E-state index is -3.78. The summed E-state index contributed by atoms with van der Waals surface area (Å²) in [6, 6.07) is 4.68. The first-order valence-electron chi connectivity index (χ1n) is 8.94. The van der Waals surface area contributed by atoms with Crippen LogP contribution in [0.25, 0.3) is 0 Å². The van der Waals surface area contributed by atoms with Crippen molar-refractivity contribution in [1.29, 1.82) is 0 Å². The van der Waals surface area contributed by atoms with Gasteiger partial charge >= 0.3 is 0 Å². The third kappa shape index (κ3) is 4.67. The van der Waals surface area contributed by atoms with Crippen LogP contribution in [0.4, 0.5) is 0 Å². The predicted octanol–water partition coefficient (Wildman–Crippen LogP) is 2.02. The maximum atomic E-state index is 13.1. The summed E-state index contributed by atoms with van der Waals surface area (Å²) in [5.41, 5.74) is 0. The Balaban J connectivity index is 2.19. The first-order valence-corrected chi connectivity index (χ1v) is 10.4. The Bertz CT molecular complexity index is 720. The lowest BCUT2D eigenvalue weighted by Crippen LogP contribution is -2.45. The van der Waals surface area contributed by atoms with Crippen molar-refractivity contribution in [3.8, 4) is 11.5 Å². The zero-order valence-electron chi connectivity index (χ0n) is 15.7. The molecule has 0 unspecified atom stereocenters. The molecule has 1 saturated heterocycles. The highest BCUT2D eigenvalue weighted by Gasteiger charge is 2.35. The van der Waals surface area contributed by atoms with E-state index in [0.29, 0.717) is 31.7 Å². The van der Waals surface area contributed by atoms with Gasteiger partial charge in [-0.25, -0.2) is 8.42 Å². The van der Waals surface area contributed by atoms with Crippen LogP contribution in [-0.4, -0.2) is 52.5 Å². The molecule has 1 amide bonds. The monoisotopic (exact) mass is 384 g/mol. The molecule has 7 nitrogen and oxygen atoms in total. The fraction of sp³-hybridized carbons (Fsp3) is 0.611. The SMILES string of the molecule is CCCCNC(=O)[C@@H]1CCCN(S(=O)(=O)c2cc(OC)ccc2OC)C1. The van der Waals surface area contributed by atoms with Gasteiger partial charge in [0.1, 0.15) is 16.4 Å². The Morgan fingerprint density at radius 2 is 2.08 bits per heavy atom. The maximum Gasteiger partial charge on any atom is 0.246 e. The molecule has 0 aromatic heterocycles. The van der Waals surface area contributed by atoms with Crippen LogP contribution in [-0.2, 0) is 14.8 Å².